The van der Waals surface area contributed by atoms with E-state index < -0.39 is 11.5 Å². The lowest BCUT2D eigenvalue weighted by atomic mass is 10.1. The average molecular weight is 231 g/mol. The van der Waals surface area contributed by atoms with Crippen LogP contribution in [0.5, 0.6) is 0 Å². The Kier molecular flexibility index (Phi) is 2.69. The van der Waals surface area contributed by atoms with E-state index in [0.717, 1.165) is 17.3 Å². The first-order chi connectivity index (χ1) is 7.96. The highest BCUT2D eigenvalue weighted by atomic mass is 16.4. The van der Waals surface area contributed by atoms with Crippen molar-refractivity contribution in [2.45, 2.75) is 32.7 Å². The van der Waals surface area contributed by atoms with Crippen LogP contribution in [0.15, 0.2) is 30.5 Å². The summed E-state index contributed by atoms with van der Waals surface area (Å²) in [5.74, 6) is -0.824. The Balaban J connectivity index is 2.61. The Morgan fingerprint density at radius 2 is 2.06 bits per heavy atom. The smallest absolute Gasteiger partial charge is 0.329 e. The van der Waals surface area contributed by atoms with Crippen molar-refractivity contribution in [1.29, 1.82) is 0 Å². The van der Waals surface area contributed by atoms with Crippen molar-refractivity contribution in [3.63, 3.8) is 0 Å². The van der Waals surface area contributed by atoms with Gasteiger partial charge in [0.25, 0.3) is 0 Å². The molecule has 17 heavy (non-hydrogen) atoms. The van der Waals surface area contributed by atoms with Crippen molar-refractivity contribution in [3.8, 4) is 0 Å². The van der Waals surface area contributed by atoms with Crippen molar-refractivity contribution in [2.24, 2.45) is 0 Å². The van der Waals surface area contributed by atoms with Gasteiger partial charge in [0.1, 0.15) is 5.54 Å². The van der Waals surface area contributed by atoms with Gasteiger partial charge in [-0.2, -0.15) is 0 Å². The summed E-state index contributed by atoms with van der Waals surface area (Å²) in [7, 11) is 0. The van der Waals surface area contributed by atoms with Gasteiger partial charge in [-0.25, -0.2) is 4.79 Å². The molecule has 3 nitrogen and oxygen atoms in total. The summed E-state index contributed by atoms with van der Waals surface area (Å²) in [5, 5.41) is 10.3. The van der Waals surface area contributed by atoms with E-state index in [1.807, 2.05) is 22.9 Å². The Morgan fingerprint density at radius 3 is 2.65 bits per heavy atom. The van der Waals surface area contributed by atoms with Crippen LogP contribution in [0.4, 0.5) is 0 Å². The summed E-state index contributed by atoms with van der Waals surface area (Å²) < 4.78 is 1.81. The van der Waals surface area contributed by atoms with Gasteiger partial charge in [0, 0.05) is 11.7 Å². The van der Waals surface area contributed by atoms with E-state index in [9.17, 15) is 9.90 Å². The number of rotatable bonds is 3. The summed E-state index contributed by atoms with van der Waals surface area (Å²) in [6.45, 7) is 5.53. The highest BCUT2D eigenvalue weighted by molar-refractivity contribution is 5.85. The van der Waals surface area contributed by atoms with Crippen LogP contribution < -0.4 is 0 Å². The normalized spacial score (nSPS) is 11.9. The lowest BCUT2D eigenvalue weighted by Crippen LogP contribution is -2.34. The summed E-state index contributed by atoms with van der Waals surface area (Å²) in [6.07, 6.45) is 2.83. The molecule has 3 heteroatoms. The predicted molar refractivity (Wildman–Crippen MR) is 68.3 cm³/mol. The van der Waals surface area contributed by atoms with Crippen LogP contribution in [-0.2, 0) is 16.8 Å². The third-order valence-electron chi connectivity index (χ3n) is 3.29. The van der Waals surface area contributed by atoms with Gasteiger partial charge in [0.15, 0.2) is 0 Å². The molecule has 0 atom stereocenters. The number of fused-ring (bicyclic) bond motifs is 1. The topological polar surface area (TPSA) is 42.2 Å². The summed E-state index contributed by atoms with van der Waals surface area (Å²) in [6, 6.07) is 8.14. The SMILES string of the molecule is CCc1ccc2c(ccn2C(C)(C)C(=O)O)c1. The van der Waals surface area contributed by atoms with E-state index in [2.05, 4.69) is 19.1 Å². The van der Waals surface area contributed by atoms with Crippen LogP contribution in [0, 0.1) is 0 Å². The zero-order chi connectivity index (χ0) is 12.6. The minimum absolute atomic E-state index is 0.824. The fourth-order valence-corrected chi connectivity index (χ4v) is 2.00. The van der Waals surface area contributed by atoms with Crippen molar-refractivity contribution in [2.75, 3.05) is 0 Å². The molecule has 2 rings (SSSR count). The molecule has 0 aliphatic heterocycles. The van der Waals surface area contributed by atoms with Gasteiger partial charge in [-0.1, -0.05) is 13.0 Å². The van der Waals surface area contributed by atoms with E-state index in [1.165, 1.54) is 5.56 Å². The average Bonchev–Trinajstić information content (AvgIpc) is 2.71. The molecule has 0 saturated carbocycles. The van der Waals surface area contributed by atoms with Crippen LogP contribution in [0.3, 0.4) is 0 Å². The number of aryl methyl sites for hydroxylation is 1. The standard InChI is InChI=1S/C14H17NO2/c1-4-10-5-6-12-11(9-10)7-8-15(12)14(2,3)13(16)17/h5-9H,4H2,1-3H3,(H,16,17). The van der Waals surface area contributed by atoms with Crippen LogP contribution in [0.1, 0.15) is 26.3 Å². The summed E-state index contributed by atoms with van der Waals surface area (Å²) in [4.78, 5) is 11.3. The molecule has 0 fully saturated rings. The minimum atomic E-state index is -0.921. The number of nitrogens with zero attached hydrogens (tertiary/aromatic N) is 1. The van der Waals surface area contributed by atoms with Crippen LogP contribution in [-0.4, -0.2) is 15.6 Å². The van der Waals surface area contributed by atoms with Crippen molar-refractivity contribution >= 4 is 16.9 Å². The lowest BCUT2D eigenvalue weighted by Gasteiger charge is -2.22. The second kappa shape index (κ2) is 3.91. The number of aromatic nitrogens is 1. The molecular formula is C14H17NO2. The highest BCUT2D eigenvalue weighted by Gasteiger charge is 2.29. The van der Waals surface area contributed by atoms with E-state index in [0.29, 0.717) is 0 Å². The Bertz CT molecular complexity index is 567. The number of aliphatic carboxylic acids is 1. The molecule has 0 bridgehead atoms. The molecular weight excluding hydrogens is 214 g/mol. The summed E-state index contributed by atoms with van der Waals surface area (Å²) >= 11 is 0. The van der Waals surface area contributed by atoms with Crippen LogP contribution >= 0.6 is 0 Å². The van der Waals surface area contributed by atoms with Gasteiger partial charge in [0.2, 0.25) is 0 Å². The Labute approximate surface area is 101 Å². The third-order valence-corrected chi connectivity index (χ3v) is 3.29. The molecule has 1 aromatic carbocycles. The number of hydrogen-bond acceptors (Lipinski definition) is 1. The molecule has 1 aromatic heterocycles. The van der Waals surface area contributed by atoms with Gasteiger partial charge < -0.3 is 9.67 Å². The zero-order valence-electron chi connectivity index (χ0n) is 10.4. The maximum absolute atomic E-state index is 11.3. The number of hydrogen-bond donors (Lipinski definition) is 1. The molecule has 0 radical (unpaired) electrons. The quantitative estimate of drug-likeness (QED) is 0.882. The van der Waals surface area contributed by atoms with Crippen molar-refractivity contribution < 1.29 is 9.90 Å². The van der Waals surface area contributed by atoms with Crippen LogP contribution in [0.2, 0.25) is 0 Å². The van der Waals surface area contributed by atoms with Crippen molar-refractivity contribution in [3.05, 3.63) is 36.0 Å². The molecule has 0 amide bonds. The largest absolute Gasteiger partial charge is 0.480 e. The van der Waals surface area contributed by atoms with Gasteiger partial charge in [-0.05, 0) is 49.4 Å². The van der Waals surface area contributed by atoms with Gasteiger partial charge in [-0.15, -0.1) is 0 Å². The number of carbonyl (C=O) groups is 1. The zero-order valence-corrected chi connectivity index (χ0v) is 10.4. The van der Waals surface area contributed by atoms with E-state index >= 15 is 0 Å². The first kappa shape index (κ1) is 11.7. The van der Waals surface area contributed by atoms with Gasteiger partial charge in [-0.3, -0.25) is 0 Å². The fraction of sp³-hybridized carbons (Fsp3) is 0.357. The Morgan fingerprint density at radius 1 is 1.35 bits per heavy atom. The van der Waals surface area contributed by atoms with Crippen molar-refractivity contribution in [1.82, 2.24) is 4.57 Å². The molecule has 90 valence electrons. The second-order valence-corrected chi connectivity index (χ2v) is 4.80. The van der Waals surface area contributed by atoms with E-state index in [-0.39, 0.29) is 0 Å². The lowest BCUT2D eigenvalue weighted by molar-refractivity contribution is -0.145. The second-order valence-electron chi connectivity index (χ2n) is 4.80. The molecule has 1 heterocycles. The molecule has 0 aliphatic carbocycles. The van der Waals surface area contributed by atoms with Gasteiger partial charge in [0.05, 0.1) is 0 Å². The first-order valence-electron chi connectivity index (χ1n) is 5.80. The molecule has 0 aliphatic rings. The molecule has 1 N–H and O–H groups in total. The van der Waals surface area contributed by atoms with Gasteiger partial charge >= 0.3 is 5.97 Å². The van der Waals surface area contributed by atoms with E-state index in [1.54, 1.807) is 13.8 Å². The minimum Gasteiger partial charge on any atom is -0.480 e. The maximum atomic E-state index is 11.3. The van der Waals surface area contributed by atoms with Crippen LogP contribution in [0.25, 0.3) is 10.9 Å². The third kappa shape index (κ3) is 1.82. The molecule has 0 spiro atoms. The van der Waals surface area contributed by atoms with E-state index in [4.69, 9.17) is 0 Å². The number of carboxylic acids is 1. The summed E-state index contributed by atoms with van der Waals surface area (Å²) in [5.41, 5.74) is 1.31. The first-order valence-corrected chi connectivity index (χ1v) is 5.80. The number of benzene rings is 1. The highest BCUT2D eigenvalue weighted by Crippen LogP contribution is 2.25. The molecule has 0 unspecified atom stereocenters. The fourth-order valence-electron chi connectivity index (χ4n) is 2.00. The predicted octanol–water partition coefficient (Wildman–Crippen LogP) is 3.02. The monoisotopic (exact) mass is 231 g/mol. The maximum Gasteiger partial charge on any atom is 0.329 e. The molecule has 2 aromatic rings. The molecule has 0 saturated heterocycles. The Hall–Kier alpha value is -1.77. The number of carboxylic acid groups (broad SMARTS) is 1.